The van der Waals surface area contributed by atoms with Gasteiger partial charge in [-0.2, -0.15) is 0 Å². The van der Waals surface area contributed by atoms with Crippen LogP contribution in [0.4, 0.5) is 0 Å². The van der Waals surface area contributed by atoms with Gasteiger partial charge < -0.3 is 14.2 Å². The second kappa shape index (κ2) is 7.72. The van der Waals surface area contributed by atoms with Crippen LogP contribution in [0.25, 0.3) is 16.2 Å². The topological polar surface area (TPSA) is 27.7 Å². The van der Waals surface area contributed by atoms with Crippen molar-refractivity contribution in [2.75, 3.05) is 14.2 Å². The minimum atomic E-state index is -0.745. The van der Waals surface area contributed by atoms with Crippen molar-refractivity contribution in [2.45, 2.75) is 26.4 Å². The number of hydrogen-bond acceptors (Lipinski definition) is 4. The van der Waals surface area contributed by atoms with Crippen LogP contribution in [0.2, 0.25) is 0 Å². The van der Waals surface area contributed by atoms with Gasteiger partial charge in [0.15, 0.2) is 5.60 Å². The van der Waals surface area contributed by atoms with Crippen molar-refractivity contribution in [3.8, 4) is 17.2 Å². The lowest BCUT2D eigenvalue weighted by Gasteiger charge is -2.37. The molecular formula is C28H26O3S. The molecule has 162 valence electrons. The van der Waals surface area contributed by atoms with Gasteiger partial charge in [0.05, 0.1) is 14.2 Å². The van der Waals surface area contributed by atoms with Gasteiger partial charge in [-0.3, -0.25) is 0 Å². The number of methoxy groups -OCH3 is 2. The van der Waals surface area contributed by atoms with Crippen LogP contribution < -0.4 is 14.2 Å². The van der Waals surface area contributed by atoms with Crippen LogP contribution in [0.5, 0.6) is 17.2 Å². The molecule has 4 heteroatoms. The maximum absolute atomic E-state index is 6.96. The van der Waals surface area contributed by atoms with E-state index >= 15 is 0 Å². The lowest BCUT2D eigenvalue weighted by molar-refractivity contribution is 0.160. The molecule has 0 spiro atoms. The van der Waals surface area contributed by atoms with E-state index in [1.165, 1.54) is 26.1 Å². The molecule has 0 saturated heterocycles. The van der Waals surface area contributed by atoms with Gasteiger partial charge in [0, 0.05) is 26.3 Å². The summed E-state index contributed by atoms with van der Waals surface area (Å²) in [6, 6.07) is 18.5. The van der Waals surface area contributed by atoms with E-state index in [-0.39, 0.29) is 0 Å². The fraction of sp³-hybridized carbons (Fsp3) is 0.214. The smallest absolute Gasteiger partial charge is 0.178 e. The summed E-state index contributed by atoms with van der Waals surface area (Å²) in [4.78, 5) is 1.35. The summed E-state index contributed by atoms with van der Waals surface area (Å²) in [7, 11) is 3.36. The Kier molecular flexibility index (Phi) is 4.98. The highest BCUT2D eigenvalue weighted by molar-refractivity contribution is 7.19. The molecule has 0 fully saturated rings. The summed E-state index contributed by atoms with van der Waals surface area (Å²) in [6.07, 6.45) is 4.42. The first-order chi connectivity index (χ1) is 15.5. The predicted molar refractivity (Wildman–Crippen MR) is 132 cm³/mol. The highest BCUT2D eigenvalue weighted by atomic mass is 32.1. The molecule has 0 amide bonds. The van der Waals surface area contributed by atoms with E-state index in [9.17, 15) is 0 Å². The van der Waals surface area contributed by atoms with E-state index in [1.54, 1.807) is 14.2 Å². The fourth-order valence-corrected chi connectivity index (χ4v) is 5.61. The standard InChI is InChI=1S/C28H26O3S/c1-17-16-25-18(2)19(3)32-27(25)24-14-15-28(31-26(17)24,20-6-10-22(29-4)11-7-20)21-8-12-23(30-5)13-9-21/h6-16H,1-5H3. The average Bonchev–Trinajstić information content (AvgIpc) is 3.12. The second-order valence-corrected chi connectivity index (χ2v) is 9.45. The summed E-state index contributed by atoms with van der Waals surface area (Å²) in [5.74, 6) is 2.58. The van der Waals surface area contributed by atoms with Crippen molar-refractivity contribution in [1.82, 2.24) is 0 Å². The van der Waals surface area contributed by atoms with E-state index < -0.39 is 5.60 Å². The zero-order chi connectivity index (χ0) is 22.5. The van der Waals surface area contributed by atoms with Crippen LogP contribution in [0.15, 0.2) is 60.7 Å². The van der Waals surface area contributed by atoms with Crippen molar-refractivity contribution in [3.63, 3.8) is 0 Å². The highest BCUT2D eigenvalue weighted by Crippen LogP contribution is 2.48. The quantitative estimate of drug-likeness (QED) is 0.335. The number of aryl methyl sites for hydroxylation is 3. The van der Waals surface area contributed by atoms with Crippen LogP contribution in [-0.4, -0.2) is 14.2 Å². The molecule has 1 aromatic heterocycles. The Hall–Kier alpha value is -3.24. The Morgan fingerprint density at radius 1 is 0.812 bits per heavy atom. The molecule has 0 bridgehead atoms. The van der Waals surface area contributed by atoms with Crippen molar-refractivity contribution in [3.05, 3.63) is 93.4 Å². The summed E-state index contributed by atoms with van der Waals surface area (Å²) in [6.45, 7) is 6.53. The minimum absolute atomic E-state index is 0.745. The molecule has 3 nitrogen and oxygen atoms in total. The van der Waals surface area contributed by atoms with Crippen LogP contribution in [-0.2, 0) is 5.60 Å². The van der Waals surface area contributed by atoms with Crippen LogP contribution in [0, 0.1) is 20.8 Å². The van der Waals surface area contributed by atoms with Crippen LogP contribution in [0.3, 0.4) is 0 Å². The normalized spacial score (nSPS) is 14.2. The average molecular weight is 443 g/mol. The van der Waals surface area contributed by atoms with Gasteiger partial charge in [-0.15, -0.1) is 11.3 Å². The Balaban J connectivity index is 1.73. The maximum atomic E-state index is 6.96. The molecular weight excluding hydrogens is 416 g/mol. The third-order valence-corrected chi connectivity index (χ3v) is 7.68. The molecule has 0 N–H and O–H groups in total. The van der Waals surface area contributed by atoms with Gasteiger partial charge >= 0.3 is 0 Å². The Bertz CT molecular complexity index is 1280. The zero-order valence-electron chi connectivity index (χ0n) is 19.0. The van der Waals surface area contributed by atoms with E-state index in [1.807, 2.05) is 35.6 Å². The molecule has 0 atom stereocenters. The lowest BCUT2D eigenvalue weighted by Crippen LogP contribution is -2.34. The summed E-state index contributed by atoms with van der Waals surface area (Å²) in [5, 5.41) is 1.32. The van der Waals surface area contributed by atoms with Gasteiger partial charge in [-0.25, -0.2) is 0 Å². The minimum Gasteiger partial charge on any atom is -0.497 e. The first-order valence-corrected chi connectivity index (χ1v) is 11.5. The van der Waals surface area contributed by atoms with Gasteiger partial charge in [-0.05, 0) is 79.8 Å². The molecule has 4 aromatic rings. The maximum Gasteiger partial charge on any atom is 0.178 e. The van der Waals surface area contributed by atoms with E-state index in [0.717, 1.165) is 33.9 Å². The van der Waals surface area contributed by atoms with E-state index in [2.05, 4.69) is 63.3 Å². The lowest BCUT2D eigenvalue weighted by atomic mass is 9.83. The number of fused-ring (bicyclic) bond motifs is 3. The largest absolute Gasteiger partial charge is 0.497 e. The first kappa shape index (κ1) is 20.7. The van der Waals surface area contributed by atoms with Gasteiger partial charge in [0.1, 0.15) is 17.2 Å². The SMILES string of the molecule is COc1ccc(C2(c3ccc(OC)cc3)C=Cc3c(c(C)cc4c(C)c(C)sc34)O2)cc1. The van der Waals surface area contributed by atoms with Crippen molar-refractivity contribution in [1.29, 1.82) is 0 Å². The van der Waals surface area contributed by atoms with Gasteiger partial charge in [0.25, 0.3) is 0 Å². The van der Waals surface area contributed by atoms with Crippen molar-refractivity contribution >= 4 is 27.5 Å². The first-order valence-electron chi connectivity index (χ1n) is 10.7. The third-order valence-electron chi connectivity index (χ3n) is 6.43. The molecule has 0 saturated carbocycles. The van der Waals surface area contributed by atoms with Crippen LogP contribution in [0.1, 0.15) is 32.7 Å². The van der Waals surface area contributed by atoms with Crippen molar-refractivity contribution in [2.24, 2.45) is 0 Å². The number of ether oxygens (including phenoxy) is 3. The number of benzene rings is 3. The molecule has 0 radical (unpaired) electrons. The molecule has 0 unspecified atom stereocenters. The Labute approximate surface area is 192 Å². The summed E-state index contributed by atoms with van der Waals surface area (Å²) in [5.41, 5.74) is 5.01. The molecule has 3 aromatic carbocycles. The monoisotopic (exact) mass is 442 g/mol. The molecule has 32 heavy (non-hydrogen) atoms. The zero-order valence-corrected chi connectivity index (χ0v) is 19.8. The number of hydrogen-bond donors (Lipinski definition) is 0. The molecule has 1 aliphatic rings. The van der Waals surface area contributed by atoms with E-state index in [4.69, 9.17) is 14.2 Å². The Morgan fingerprint density at radius 3 is 1.91 bits per heavy atom. The van der Waals surface area contributed by atoms with Gasteiger partial charge in [-0.1, -0.05) is 24.3 Å². The fourth-order valence-electron chi connectivity index (χ4n) is 4.45. The van der Waals surface area contributed by atoms with Crippen LogP contribution >= 0.6 is 11.3 Å². The molecule has 1 aliphatic heterocycles. The molecule has 2 heterocycles. The third kappa shape index (κ3) is 3.09. The predicted octanol–water partition coefficient (Wildman–Crippen LogP) is 7.19. The summed E-state index contributed by atoms with van der Waals surface area (Å²) < 4.78 is 19.0. The highest BCUT2D eigenvalue weighted by Gasteiger charge is 2.38. The second-order valence-electron chi connectivity index (χ2n) is 8.22. The van der Waals surface area contributed by atoms with E-state index in [0.29, 0.717) is 0 Å². The molecule has 5 rings (SSSR count). The Morgan fingerprint density at radius 2 is 1.38 bits per heavy atom. The summed E-state index contributed by atoms with van der Waals surface area (Å²) >= 11 is 1.84. The number of rotatable bonds is 4. The van der Waals surface area contributed by atoms with Crippen molar-refractivity contribution < 1.29 is 14.2 Å². The molecule has 0 aliphatic carbocycles. The number of thiophene rings is 1. The van der Waals surface area contributed by atoms with Gasteiger partial charge in [0.2, 0.25) is 0 Å².